The maximum Gasteiger partial charge on any atom is 0.282 e. The predicted molar refractivity (Wildman–Crippen MR) is 115 cm³/mol. The zero-order chi connectivity index (χ0) is 21.7. The van der Waals surface area contributed by atoms with Gasteiger partial charge in [0.1, 0.15) is 0 Å². The fourth-order valence-corrected chi connectivity index (χ4v) is 3.31. The van der Waals surface area contributed by atoms with Gasteiger partial charge in [0.2, 0.25) is 0 Å². The highest BCUT2D eigenvalue weighted by Crippen LogP contribution is 2.31. The quantitative estimate of drug-likeness (QED) is 0.462. The molecule has 0 aliphatic heterocycles. The monoisotopic (exact) mass is 407 g/mol. The second kappa shape index (κ2) is 9.49. The minimum Gasteiger partial charge on any atom is -0.305 e. The minimum atomic E-state index is -0.641. The van der Waals surface area contributed by atoms with Crippen molar-refractivity contribution >= 4 is 28.3 Å². The van der Waals surface area contributed by atoms with E-state index in [-0.39, 0.29) is 11.5 Å². The zero-order valence-electron chi connectivity index (χ0n) is 17.3. The first-order chi connectivity index (χ1) is 14.5. The molecule has 0 aliphatic rings. The van der Waals surface area contributed by atoms with Gasteiger partial charge in [0.05, 0.1) is 12.3 Å². The van der Waals surface area contributed by atoms with E-state index < -0.39 is 5.91 Å². The zero-order valence-corrected chi connectivity index (χ0v) is 17.3. The van der Waals surface area contributed by atoms with Crippen molar-refractivity contribution in [3.05, 3.63) is 77.4 Å². The van der Waals surface area contributed by atoms with Gasteiger partial charge >= 0.3 is 0 Å². The van der Waals surface area contributed by atoms with E-state index in [2.05, 4.69) is 4.90 Å². The van der Waals surface area contributed by atoms with Crippen molar-refractivity contribution in [1.29, 1.82) is 0 Å². The number of carbonyl (C=O) groups excluding carboxylic acids is 2. The van der Waals surface area contributed by atoms with Crippen LogP contribution in [0.25, 0.3) is 10.8 Å². The third-order valence-corrected chi connectivity index (χ3v) is 4.63. The first-order valence-corrected chi connectivity index (χ1v) is 9.63. The highest BCUT2D eigenvalue weighted by atomic mass is 16.7. The van der Waals surface area contributed by atoms with Crippen molar-refractivity contribution in [3.63, 3.8) is 0 Å². The third kappa shape index (κ3) is 4.49. The molecule has 0 aliphatic carbocycles. The van der Waals surface area contributed by atoms with Crippen LogP contribution in [0.5, 0.6) is 0 Å². The Morgan fingerprint density at radius 1 is 0.933 bits per heavy atom. The summed E-state index contributed by atoms with van der Waals surface area (Å²) in [6, 6.07) is 17.8. The predicted octanol–water partition coefficient (Wildman–Crippen LogP) is 3.62. The van der Waals surface area contributed by atoms with Crippen LogP contribution in [0.4, 0.5) is 5.69 Å². The number of anilines is 1. The molecule has 156 valence electrons. The maximum atomic E-state index is 13.2. The van der Waals surface area contributed by atoms with Crippen LogP contribution in [0.1, 0.15) is 33.2 Å². The molecule has 0 saturated carbocycles. The number of amides is 2. The van der Waals surface area contributed by atoms with Crippen LogP contribution < -0.4 is 10.5 Å². The van der Waals surface area contributed by atoms with Crippen LogP contribution in [0, 0.1) is 0 Å². The maximum absolute atomic E-state index is 13.2. The average molecular weight is 407 g/mol. The molecule has 0 spiro atoms. The van der Waals surface area contributed by atoms with E-state index >= 15 is 0 Å². The van der Waals surface area contributed by atoms with Gasteiger partial charge in [-0.05, 0) is 62.3 Å². The van der Waals surface area contributed by atoms with Crippen LogP contribution >= 0.6 is 0 Å². The Balaban J connectivity index is 2.03. The number of fused-ring (bicyclic) bond motifs is 1. The third-order valence-electron chi connectivity index (χ3n) is 4.63. The summed E-state index contributed by atoms with van der Waals surface area (Å²) in [5, 5.41) is 12.0. The number of benzene rings is 3. The van der Waals surface area contributed by atoms with Crippen LogP contribution in [0.2, 0.25) is 0 Å². The van der Waals surface area contributed by atoms with Gasteiger partial charge in [-0.3, -0.25) is 19.6 Å². The van der Waals surface area contributed by atoms with Gasteiger partial charge in [0.25, 0.3) is 11.8 Å². The van der Waals surface area contributed by atoms with Gasteiger partial charge in [-0.25, -0.2) is 5.48 Å². The lowest BCUT2D eigenvalue weighted by Crippen LogP contribution is -2.31. The van der Waals surface area contributed by atoms with Gasteiger partial charge in [0, 0.05) is 23.1 Å². The Morgan fingerprint density at radius 3 is 2.17 bits per heavy atom. The normalized spacial score (nSPS) is 11.0. The summed E-state index contributed by atoms with van der Waals surface area (Å²) >= 11 is 0. The molecular weight excluding hydrogens is 382 g/mol. The lowest BCUT2D eigenvalue weighted by Gasteiger charge is -2.24. The van der Waals surface area contributed by atoms with E-state index in [0.717, 1.165) is 22.9 Å². The summed E-state index contributed by atoms with van der Waals surface area (Å²) in [6.07, 6.45) is 0. The van der Waals surface area contributed by atoms with Crippen molar-refractivity contribution < 1.29 is 19.6 Å². The molecule has 0 fully saturated rings. The van der Waals surface area contributed by atoms with Gasteiger partial charge in [-0.2, -0.15) is 5.06 Å². The summed E-state index contributed by atoms with van der Waals surface area (Å²) in [4.78, 5) is 32.6. The number of nitrogens with zero attached hydrogens (tertiary/aromatic N) is 2. The molecule has 0 radical (unpaired) electrons. The number of nitrogens with one attached hydrogen (secondary N) is 1. The van der Waals surface area contributed by atoms with Crippen molar-refractivity contribution in [1.82, 2.24) is 10.4 Å². The highest BCUT2D eigenvalue weighted by molar-refractivity contribution is 6.10. The Morgan fingerprint density at radius 2 is 1.57 bits per heavy atom. The van der Waals surface area contributed by atoms with E-state index in [1.807, 2.05) is 57.4 Å². The molecule has 0 atom stereocenters. The molecule has 30 heavy (non-hydrogen) atoms. The standard InChI is InChI=1S/C23H25N3O4/c1-4-30-26(23(28)17-11-9-16(10-12-17)22(27)24-29)21-14-13-18(15-25(2)3)19-7-5-6-8-20(19)21/h5-14,29H,4,15H2,1-3H3,(H,24,27). The minimum absolute atomic E-state index is 0.246. The molecule has 2 amide bonds. The molecule has 0 saturated heterocycles. The molecule has 7 nitrogen and oxygen atoms in total. The van der Waals surface area contributed by atoms with Crippen LogP contribution in [0.3, 0.4) is 0 Å². The van der Waals surface area contributed by atoms with E-state index in [0.29, 0.717) is 17.9 Å². The van der Waals surface area contributed by atoms with Gasteiger partial charge in [-0.15, -0.1) is 0 Å². The Bertz CT molecular complexity index is 1050. The van der Waals surface area contributed by atoms with E-state index in [4.69, 9.17) is 10.0 Å². The number of rotatable bonds is 7. The molecule has 3 aromatic rings. The largest absolute Gasteiger partial charge is 0.305 e. The van der Waals surface area contributed by atoms with Crippen LogP contribution in [-0.2, 0) is 11.4 Å². The SMILES string of the molecule is CCON(C(=O)c1ccc(C(=O)NO)cc1)c1ccc(CN(C)C)c2ccccc12. The van der Waals surface area contributed by atoms with Crippen molar-refractivity contribution in [2.75, 3.05) is 25.8 Å². The highest BCUT2D eigenvalue weighted by Gasteiger charge is 2.22. The molecule has 3 rings (SSSR count). The van der Waals surface area contributed by atoms with Crippen molar-refractivity contribution in [2.24, 2.45) is 0 Å². The van der Waals surface area contributed by atoms with Crippen LogP contribution in [-0.4, -0.2) is 42.6 Å². The Hall–Kier alpha value is -3.26. The summed E-state index contributed by atoms with van der Waals surface area (Å²) in [5.41, 5.74) is 3.99. The number of carbonyl (C=O) groups is 2. The summed E-state index contributed by atoms with van der Waals surface area (Å²) in [7, 11) is 4.03. The second-order valence-electron chi connectivity index (χ2n) is 7.06. The lowest BCUT2D eigenvalue weighted by atomic mass is 10.0. The van der Waals surface area contributed by atoms with Gasteiger partial charge in [-0.1, -0.05) is 30.3 Å². The lowest BCUT2D eigenvalue weighted by molar-refractivity contribution is 0.0679. The van der Waals surface area contributed by atoms with E-state index in [1.54, 1.807) is 5.48 Å². The van der Waals surface area contributed by atoms with Crippen LogP contribution in [0.15, 0.2) is 60.7 Å². The van der Waals surface area contributed by atoms with E-state index in [9.17, 15) is 9.59 Å². The first-order valence-electron chi connectivity index (χ1n) is 9.63. The number of hydrogen-bond acceptors (Lipinski definition) is 5. The molecule has 0 unspecified atom stereocenters. The van der Waals surface area contributed by atoms with Crippen molar-refractivity contribution in [2.45, 2.75) is 13.5 Å². The van der Waals surface area contributed by atoms with Gasteiger partial charge < -0.3 is 4.90 Å². The Labute approximate surface area is 175 Å². The molecule has 0 heterocycles. The number of hydrogen-bond donors (Lipinski definition) is 2. The fraction of sp³-hybridized carbons (Fsp3) is 0.217. The summed E-state index contributed by atoms with van der Waals surface area (Å²) in [6.45, 7) is 2.90. The molecule has 2 N–H and O–H groups in total. The summed E-state index contributed by atoms with van der Waals surface area (Å²) < 4.78 is 0. The molecule has 0 bridgehead atoms. The molecule has 0 aromatic heterocycles. The number of hydroxylamine groups is 2. The Kier molecular flexibility index (Phi) is 6.79. The molecule has 7 heteroatoms. The smallest absolute Gasteiger partial charge is 0.282 e. The molecular formula is C23H25N3O4. The fourth-order valence-electron chi connectivity index (χ4n) is 3.31. The molecule has 3 aromatic carbocycles. The second-order valence-corrected chi connectivity index (χ2v) is 7.06. The topological polar surface area (TPSA) is 82.1 Å². The van der Waals surface area contributed by atoms with Gasteiger partial charge in [0.15, 0.2) is 0 Å². The van der Waals surface area contributed by atoms with Crippen molar-refractivity contribution in [3.8, 4) is 0 Å². The van der Waals surface area contributed by atoms with E-state index in [1.165, 1.54) is 29.3 Å². The summed E-state index contributed by atoms with van der Waals surface area (Å²) in [5.74, 6) is -0.989. The average Bonchev–Trinajstić information content (AvgIpc) is 2.77. The first kappa shape index (κ1) is 21.4.